The maximum Gasteiger partial charge on any atom is 0.265 e. The molecule has 0 spiro atoms. The summed E-state index contributed by atoms with van der Waals surface area (Å²) in [6.45, 7) is 3.07. The molecule has 1 aliphatic rings. The standard InChI is InChI=1S/C27H28N2O5/c1-3-19-8-11-22(12-9-19)33-15-5-14-29-24-17-21(10-13-25(24)34-18-26(29)30)28-27(31)20-6-4-7-23(16-20)32-2/h4,6-13,16-17H,3,5,14-15,18H2,1-2H3,(H,28,31). The summed E-state index contributed by atoms with van der Waals surface area (Å²) in [7, 11) is 1.55. The molecule has 0 atom stereocenters. The highest BCUT2D eigenvalue weighted by Crippen LogP contribution is 2.35. The second-order valence-corrected chi connectivity index (χ2v) is 7.90. The summed E-state index contributed by atoms with van der Waals surface area (Å²) in [6.07, 6.45) is 1.64. The number of methoxy groups -OCH3 is 1. The Morgan fingerprint density at radius 2 is 1.88 bits per heavy atom. The minimum Gasteiger partial charge on any atom is -0.497 e. The fraction of sp³-hybridized carbons (Fsp3) is 0.259. The van der Waals surface area contributed by atoms with Crippen molar-refractivity contribution in [3.05, 3.63) is 77.9 Å². The molecule has 0 saturated carbocycles. The van der Waals surface area contributed by atoms with Crippen LogP contribution in [0, 0.1) is 0 Å². The molecule has 0 aromatic heterocycles. The summed E-state index contributed by atoms with van der Waals surface area (Å²) < 4.78 is 16.6. The molecule has 3 aromatic carbocycles. The SMILES string of the molecule is CCc1ccc(OCCCN2C(=O)COc3ccc(NC(=O)c4cccc(OC)c4)cc32)cc1. The molecule has 7 heteroatoms. The van der Waals surface area contributed by atoms with E-state index in [0.29, 0.717) is 48.0 Å². The third-order valence-corrected chi connectivity index (χ3v) is 5.62. The molecule has 0 unspecified atom stereocenters. The molecule has 3 aromatic rings. The van der Waals surface area contributed by atoms with Crippen LogP contribution in [-0.2, 0) is 11.2 Å². The number of ether oxygens (including phenoxy) is 3. The van der Waals surface area contributed by atoms with E-state index < -0.39 is 0 Å². The van der Waals surface area contributed by atoms with Gasteiger partial charge in [0.15, 0.2) is 6.61 Å². The molecule has 34 heavy (non-hydrogen) atoms. The zero-order valence-electron chi connectivity index (χ0n) is 19.4. The Morgan fingerprint density at radius 1 is 1.06 bits per heavy atom. The van der Waals surface area contributed by atoms with Gasteiger partial charge in [-0.2, -0.15) is 0 Å². The van der Waals surface area contributed by atoms with Crippen molar-refractivity contribution in [2.75, 3.05) is 37.1 Å². The summed E-state index contributed by atoms with van der Waals surface area (Å²) >= 11 is 0. The number of anilines is 2. The van der Waals surface area contributed by atoms with Gasteiger partial charge in [0, 0.05) is 17.8 Å². The first-order valence-corrected chi connectivity index (χ1v) is 11.3. The summed E-state index contributed by atoms with van der Waals surface area (Å²) in [4.78, 5) is 26.9. The first-order valence-electron chi connectivity index (χ1n) is 11.3. The van der Waals surface area contributed by atoms with Crippen molar-refractivity contribution in [3.8, 4) is 17.2 Å². The Kier molecular flexibility index (Phi) is 7.32. The number of hydrogen-bond donors (Lipinski definition) is 1. The van der Waals surface area contributed by atoms with Crippen LogP contribution in [0.2, 0.25) is 0 Å². The number of aryl methyl sites for hydroxylation is 1. The third-order valence-electron chi connectivity index (χ3n) is 5.62. The molecule has 0 aliphatic carbocycles. The normalized spacial score (nSPS) is 12.5. The van der Waals surface area contributed by atoms with Crippen LogP contribution in [-0.4, -0.2) is 38.7 Å². The van der Waals surface area contributed by atoms with Crippen LogP contribution in [0.5, 0.6) is 17.2 Å². The minimum atomic E-state index is -0.268. The second-order valence-electron chi connectivity index (χ2n) is 7.90. The summed E-state index contributed by atoms with van der Waals surface area (Å²) in [5.74, 6) is 1.63. The van der Waals surface area contributed by atoms with Crippen LogP contribution in [0.15, 0.2) is 66.7 Å². The molecule has 7 nitrogen and oxygen atoms in total. The van der Waals surface area contributed by atoms with Gasteiger partial charge in [0.1, 0.15) is 17.2 Å². The first kappa shape index (κ1) is 23.2. The van der Waals surface area contributed by atoms with Crippen molar-refractivity contribution < 1.29 is 23.8 Å². The number of rotatable bonds is 9. The number of nitrogens with zero attached hydrogens (tertiary/aromatic N) is 1. The van der Waals surface area contributed by atoms with Crippen LogP contribution >= 0.6 is 0 Å². The van der Waals surface area contributed by atoms with E-state index in [9.17, 15) is 9.59 Å². The van der Waals surface area contributed by atoms with Gasteiger partial charge in [-0.1, -0.05) is 25.1 Å². The van der Waals surface area contributed by atoms with Crippen LogP contribution in [0.25, 0.3) is 0 Å². The monoisotopic (exact) mass is 460 g/mol. The van der Waals surface area contributed by atoms with Gasteiger partial charge in [-0.25, -0.2) is 0 Å². The Labute approximate surface area is 199 Å². The zero-order chi connectivity index (χ0) is 23.9. The number of carbonyl (C=O) groups excluding carboxylic acids is 2. The summed E-state index contributed by atoms with van der Waals surface area (Å²) in [6, 6.07) is 20.2. The lowest BCUT2D eigenvalue weighted by Gasteiger charge is -2.30. The fourth-order valence-electron chi connectivity index (χ4n) is 3.73. The molecular formula is C27H28N2O5. The van der Waals surface area contributed by atoms with E-state index in [1.54, 1.807) is 54.5 Å². The molecule has 1 heterocycles. The number of fused-ring (bicyclic) bond motifs is 1. The molecule has 0 fully saturated rings. The predicted octanol–water partition coefficient (Wildman–Crippen LogP) is 4.70. The van der Waals surface area contributed by atoms with Crippen LogP contribution in [0.4, 0.5) is 11.4 Å². The lowest BCUT2D eigenvalue weighted by atomic mass is 10.1. The molecule has 176 valence electrons. The Hall–Kier alpha value is -4.00. The van der Waals surface area contributed by atoms with Crippen molar-refractivity contribution in [2.24, 2.45) is 0 Å². The summed E-state index contributed by atoms with van der Waals surface area (Å²) in [5, 5.41) is 2.88. The van der Waals surface area contributed by atoms with Crippen molar-refractivity contribution in [1.29, 1.82) is 0 Å². The van der Waals surface area contributed by atoms with Gasteiger partial charge in [-0.05, 0) is 66.9 Å². The van der Waals surface area contributed by atoms with E-state index in [4.69, 9.17) is 14.2 Å². The van der Waals surface area contributed by atoms with Crippen molar-refractivity contribution in [3.63, 3.8) is 0 Å². The number of nitrogens with one attached hydrogen (secondary N) is 1. The lowest BCUT2D eigenvalue weighted by molar-refractivity contribution is -0.121. The third kappa shape index (κ3) is 5.49. The van der Waals surface area contributed by atoms with Crippen LogP contribution < -0.4 is 24.4 Å². The van der Waals surface area contributed by atoms with Gasteiger partial charge in [-0.3, -0.25) is 9.59 Å². The van der Waals surface area contributed by atoms with E-state index >= 15 is 0 Å². The van der Waals surface area contributed by atoms with Crippen molar-refractivity contribution in [2.45, 2.75) is 19.8 Å². The topological polar surface area (TPSA) is 77.1 Å². The highest BCUT2D eigenvalue weighted by atomic mass is 16.5. The van der Waals surface area contributed by atoms with Gasteiger partial charge >= 0.3 is 0 Å². The van der Waals surface area contributed by atoms with Gasteiger partial charge < -0.3 is 24.4 Å². The highest BCUT2D eigenvalue weighted by molar-refractivity contribution is 6.05. The second kappa shape index (κ2) is 10.7. The van der Waals surface area contributed by atoms with E-state index in [1.165, 1.54) is 5.56 Å². The first-order chi connectivity index (χ1) is 16.6. The quantitative estimate of drug-likeness (QED) is 0.468. The van der Waals surface area contributed by atoms with Gasteiger partial charge in [0.25, 0.3) is 11.8 Å². The van der Waals surface area contributed by atoms with Gasteiger partial charge in [-0.15, -0.1) is 0 Å². The van der Waals surface area contributed by atoms with Gasteiger partial charge in [0.05, 0.1) is 19.4 Å². The molecule has 1 aliphatic heterocycles. The van der Waals surface area contributed by atoms with Crippen molar-refractivity contribution in [1.82, 2.24) is 0 Å². The van der Waals surface area contributed by atoms with Gasteiger partial charge in [0.2, 0.25) is 0 Å². The summed E-state index contributed by atoms with van der Waals surface area (Å²) in [5.41, 5.74) is 2.94. The minimum absolute atomic E-state index is 0.0121. The molecule has 0 radical (unpaired) electrons. The van der Waals surface area contributed by atoms with E-state index in [-0.39, 0.29) is 18.4 Å². The van der Waals surface area contributed by atoms with E-state index in [0.717, 1.165) is 12.2 Å². The lowest BCUT2D eigenvalue weighted by Crippen LogP contribution is -2.39. The zero-order valence-corrected chi connectivity index (χ0v) is 19.4. The maximum absolute atomic E-state index is 12.7. The number of amides is 2. The number of benzene rings is 3. The highest BCUT2D eigenvalue weighted by Gasteiger charge is 2.25. The Bertz CT molecular complexity index is 1160. The average molecular weight is 461 g/mol. The van der Waals surface area contributed by atoms with Crippen molar-refractivity contribution >= 4 is 23.2 Å². The van der Waals surface area contributed by atoms with E-state index in [1.807, 2.05) is 12.1 Å². The van der Waals surface area contributed by atoms with E-state index in [2.05, 4.69) is 24.4 Å². The molecule has 0 bridgehead atoms. The Morgan fingerprint density at radius 3 is 2.65 bits per heavy atom. The fourth-order valence-corrected chi connectivity index (χ4v) is 3.73. The smallest absolute Gasteiger partial charge is 0.265 e. The molecule has 1 N–H and O–H groups in total. The number of carbonyl (C=O) groups is 2. The average Bonchev–Trinajstić information content (AvgIpc) is 2.88. The van der Waals surface area contributed by atoms with Crippen LogP contribution in [0.3, 0.4) is 0 Å². The molecule has 4 rings (SSSR count). The molecule has 0 saturated heterocycles. The largest absolute Gasteiger partial charge is 0.497 e. The molecular weight excluding hydrogens is 432 g/mol. The van der Waals surface area contributed by atoms with Crippen LogP contribution in [0.1, 0.15) is 29.3 Å². The Balaban J connectivity index is 1.40. The predicted molar refractivity (Wildman–Crippen MR) is 131 cm³/mol. The number of hydrogen-bond acceptors (Lipinski definition) is 5. The molecule has 2 amide bonds. The maximum atomic E-state index is 12.7.